The standard InChI is InChI=1S/C12H14FNO2S/c13-9-2-3-11-10(6-9)14-7-12(4-1-5-12)8-17(11,15)16/h2-3,6,14H,1,4-5,7-8H2. The summed E-state index contributed by atoms with van der Waals surface area (Å²) in [6.07, 6.45) is 2.97. The maximum atomic E-state index is 13.1. The molecule has 1 N–H and O–H groups in total. The van der Waals surface area contributed by atoms with Crippen LogP contribution >= 0.6 is 0 Å². The molecule has 1 aliphatic carbocycles. The molecule has 92 valence electrons. The minimum atomic E-state index is -3.29. The highest BCUT2D eigenvalue weighted by Crippen LogP contribution is 2.45. The molecule has 17 heavy (non-hydrogen) atoms. The van der Waals surface area contributed by atoms with E-state index in [4.69, 9.17) is 0 Å². The Bertz CT molecular complexity index is 564. The molecule has 1 spiro atoms. The highest BCUT2D eigenvalue weighted by atomic mass is 32.2. The van der Waals surface area contributed by atoms with E-state index in [1.54, 1.807) is 0 Å². The van der Waals surface area contributed by atoms with Gasteiger partial charge in [0.05, 0.1) is 16.3 Å². The van der Waals surface area contributed by atoms with Crippen molar-refractivity contribution >= 4 is 15.5 Å². The minimum absolute atomic E-state index is 0.131. The highest BCUT2D eigenvalue weighted by molar-refractivity contribution is 7.91. The van der Waals surface area contributed by atoms with Crippen LogP contribution in [-0.4, -0.2) is 20.7 Å². The highest BCUT2D eigenvalue weighted by Gasteiger charge is 2.43. The van der Waals surface area contributed by atoms with Crippen LogP contribution in [0.3, 0.4) is 0 Å². The molecular formula is C12H14FNO2S. The number of anilines is 1. The van der Waals surface area contributed by atoms with Crippen molar-refractivity contribution in [2.45, 2.75) is 24.2 Å². The second-order valence-corrected chi connectivity index (χ2v) is 7.06. The monoisotopic (exact) mass is 255 g/mol. The van der Waals surface area contributed by atoms with Gasteiger partial charge in [0.15, 0.2) is 9.84 Å². The van der Waals surface area contributed by atoms with E-state index in [9.17, 15) is 12.8 Å². The molecule has 0 unspecified atom stereocenters. The number of fused-ring (bicyclic) bond motifs is 1. The molecule has 0 amide bonds. The average Bonchev–Trinajstić information content (AvgIpc) is 2.32. The van der Waals surface area contributed by atoms with Gasteiger partial charge in [-0.05, 0) is 31.0 Å². The molecule has 0 saturated heterocycles. The molecule has 0 bridgehead atoms. The van der Waals surface area contributed by atoms with Gasteiger partial charge in [0.1, 0.15) is 5.82 Å². The molecule has 0 radical (unpaired) electrons. The third kappa shape index (κ3) is 1.73. The van der Waals surface area contributed by atoms with Crippen LogP contribution in [0.1, 0.15) is 19.3 Å². The zero-order valence-electron chi connectivity index (χ0n) is 9.37. The molecule has 1 saturated carbocycles. The van der Waals surface area contributed by atoms with E-state index in [1.807, 2.05) is 0 Å². The van der Waals surface area contributed by atoms with Crippen LogP contribution < -0.4 is 5.32 Å². The van der Waals surface area contributed by atoms with Gasteiger partial charge in [-0.3, -0.25) is 0 Å². The fourth-order valence-electron chi connectivity index (χ4n) is 2.72. The number of hydrogen-bond acceptors (Lipinski definition) is 3. The first-order chi connectivity index (χ1) is 8.01. The van der Waals surface area contributed by atoms with Crippen LogP contribution in [0.15, 0.2) is 23.1 Å². The number of rotatable bonds is 0. The first-order valence-electron chi connectivity index (χ1n) is 5.77. The zero-order chi connectivity index (χ0) is 12.1. The maximum absolute atomic E-state index is 13.1. The summed E-state index contributed by atoms with van der Waals surface area (Å²) in [6.45, 7) is 0.628. The van der Waals surface area contributed by atoms with Gasteiger partial charge in [0.25, 0.3) is 0 Å². The van der Waals surface area contributed by atoms with Gasteiger partial charge in [-0.25, -0.2) is 12.8 Å². The quantitative estimate of drug-likeness (QED) is 0.723. The van der Waals surface area contributed by atoms with Crippen LogP contribution in [0.25, 0.3) is 0 Å². The Morgan fingerprint density at radius 2 is 2.06 bits per heavy atom. The number of hydrogen-bond donors (Lipinski definition) is 1. The third-order valence-electron chi connectivity index (χ3n) is 3.84. The molecule has 1 aromatic carbocycles. The molecule has 1 aromatic rings. The van der Waals surface area contributed by atoms with E-state index in [1.165, 1.54) is 18.2 Å². The van der Waals surface area contributed by atoms with Crippen molar-refractivity contribution in [2.75, 3.05) is 17.6 Å². The van der Waals surface area contributed by atoms with Crippen molar-refractivity contribution in [3.63, 3.8) is 0 Å². The number of sulfone groups is 1. The second-order valence-electron chi connectivity index (χ2n) is 5.11. The van der Waals surface area contributed by atoms with Crippen LogP contribution in [-0.2, 0) is 9.84 Å². The fraction of sp³-hybridized carbons (Fsp3) is 0.500. The topological polar surface area (TPSA) is 46.2 Å². The van der Waals surface area contributed by atoms with E-state index in [2.05, 4.69) is 5.32 Å². The van der Waals surface area contributed by atoms with Crippen molar-refractivity contribution in [1.82, 2.24) is 0 Å². The van der Waals surface area contributed by atoms with Gasteiger partial charge in [0, 0.05) is 12.0 Å². The van der Waals surface area contributed by atoms with Gasteiger partial charge in [-0.15, -0.1) is 0 Å². The number of halogens is 1. The van der Waals surface area contributed by atoms with E-state index < -0.39 is 15.7 Å². The fourth-order valence-corrected chi connectivity index (χ4v) is 4.82. The lowest BCUT2D eigenvalue weighted by Crippen LogP contribution is -2.40. The molecular weight excluding hydrogens is 241 g/mol. The first-order valence-corrected chi connectivity index (χ1v) is 7.42. The van der Waals surface area contributed by atoms with Crippen LogP contribution in [0.4, 0.5) is 10.1 Å². The minimum Gasteiger partial charge on any atom is -0.383 e. The Balaban J connectivity index is 2.10. The Hall–Kier alpha value is -1.10. The lowest BCUT2D eigenvalue weighted by atomic mass is 9.70. The molecule has 1 fully saturated rings. The average molecular weight is 255 g/mol. The molecule has 1 heterocycles. The molecule has 5 heteroatoms. The largest absolute Gasteiger partial charge is 0.383 e. The summed E-state index contributed by atoms with van der Waals surface area (Å²) in [5.41, 5.74) is 0.280. The van der Waals surface area contributed by atoms with Crippen molar-refractivity contribution in [3.8, 4) is 0 Å². The Labute approximate surface area is 100.0 Å². The summed E-state index contributed by atoms with van der Waals surface area (Å²) in [6, 6.07) is 3.84. The van der Waals surface area contributed by atoms with Crippen molar-refractivity contribution in [1.29, 1.82) is 0 Å². The Morgan fingerprint density at radius 3 is 2.71 bits per heavy atom. The molecule has 1 aliphatic heterocycles. The second kappa shape index (κ2) is 3.45. The zero-order valence-corrected chi connectivity index (χ0v) is 10.2. The Kier molecular flexibility index (Phi) is 2.23. The van der Waals surface area contributed by atoms with Gasteiger partial charge in [-0.1, -0.05) is 6.42 Å². The molecule has 0 aromatic heterocycles. The van der Waals surface area contributed by atoms with E-state index in [0.29, 0.717) is 12.2 Å². The van der Waals surface area contributed by atoms with Gasteiger partial charge in [-0.2, -0.15) is 0 Å². The Morgan fingerprint density at radius 1 is 1.29 bits per heavy atom. The summed E-state index contributed by atoms with van der Waals surface area (Å²) in [5.74, 6) is -0.220. The molecule has 2 aliphatic rings. The van der Waals surface area contributed by atoms with Crippen LogP contribution in [0.5, 0.6) is 0 Å². The van der Waals surface area contributed by atoms with Crippen molar-refractivity contribution < 1.29 is 12.8 Å². The van der Waals surface area contributed by atoms with Crippen LogP contribution in [0, 0.1) is 11.2 Å². The smallest absolute Gasteiger partial charge is 0.181 e. The molecule has 3 rings (SSSR count). The molecule has 3 nitrogen and oxygen atoms in total. The summed E-state index contributed by atoms with van der Waals surface area (Å²) in [4.78, 5) is 0.239. The normalized spacial score (nSPS) is 24.3. The summed E-state index contributed by atoms with van der Waals surface area (Å²) in [5, 5.41) is 3.10. The van der Waals surface area contributed by atoms with E-state index >= 15 is 0 Å². The van der Waals surface area contributed by atoms with Gasteiger partial charge < -0.3 is 5.32 Å². The van der Waals surface area contributed by atoms with Crippen molar-refractivity contribution in [3.05, 3.63) is 24.0 Å². The SMILES string of the molecule is O=S1(=O)CC2(CCC2)CNc2cc(F)ccc21. The lowest BCUT2D eigenvalue weighted by molar-refractivity contribution is 0.184. The third-order valence-corrected chi connectivity index (χ3v) is 5.86. The van der Waals surface area contributed by atoms with Gasteiger partial charge in [0.2, 0.25) is 0 Å². The maximum Gasteiger partial charge on any atom is 0.181 e. The molecule has 0 atom stereocenters. The van der Waals surface area contributed by atoms with Crippen molar-refractivity contribution in [2.24, 2.45) is 5.41 Å². The predicted molar refractivity (Wildman–Crippen MR) is 63.2 cm³/mol. The van der Waals surface area contributed by atoms with Crippen LogP contribution in [0.2, 0.25) is 0 Å². The summed E-state index contributed by atoms with van der Waals surface area (Å²) < 4.78 is 37.6. The number of nitrogens with one attached hydrogen (secondary N) is 1. The first kappa shape index (κ1) is 11.0. The van der Waals surface area contributed by atoms with E-state index in [-0.39, 0.29) is 16.1 Å². The lowest BCUT2D eigenvalue weighted by Gasteiger charge is -2.40. The predicted octanol–water partition coefficient (Wildman–Crippen LogP) is 2.20. The number of benzene rings is 1. The van der Waals surface area contributed by atoms with E-state index in [0.717, 1.165) is 19.3 Å². The summed E-state index contributed by atoms with van der Waals surface area (Å²) >= 11 is 0. The summed E-state index contributed by atoms with van der Waals surface area (Å²) in [7, 11) is -3.29. The van der Waals surface area contributed by atoms with Gasteiger partial charge >= 0.3 is 0 Å².